The molecule has 0 saturated carbocycles. The highest BCUT2D eigenvalue weighted by Gasteiger charge is 2.52. The minimum atomic E-state index is -2.18. The SMILES string of the molecule is CC(=O)OC[C@H]1O[C@H](F)[C@H](OC(C)=O)[C@@H](OC(C)=O)[C@@H]1OC(C)=O. The average molecular weight is 350 g/mol. The summed E-state index contributed by atoms with van der Waals surface area (Å²) in [5.41, 5.74) is 0. The van der Waals surface area contributed by atoms with Crippen LogP contribution in [0, 0.1) is 0 Å². The van der Waals surface area contributed by atoms with Crippen LogP contribution in [0.2, 0.25) is 0 Å². The summed E-state index contributed by atoms with van der Waals surface area (Å²) in [6.45, 7) is 3.85. The molecule has 0 aromatic heterocycles. The van der Waals surface area contributed by atoms with E-state index >= 15 is 0 Å². The van der Waals surface area contributed by atoms with Gasteiger partial charge in [-0.25, -0.2) is 4.39 Å². The third-order valence-electron chi connectivity index (χ3n) is 2.93. The molecular weight excluding hydrogens is 331 g/mol. The fraction of sp³-hybridized carbons (Fsp3) is 0.714. The number of esters is 4. The van der Waals surface area contributed by atoms with Gasteiger partial charge in [-0.15, -0.1) is 0 Å². The lowest BCUT2D eigenvalue weighted by molar-refractivity contribution is -0.277. The lowest BCUT2D eigenvalue weighted by Gasteiger charge is -2.41. The molecule has 0 radical (unpaired) electrons. The van der Waals surface area contributed by atoms with Crippen molar-refractivity contribution in [2.45, 2.75) is 58.5 Å². The molecule has 5 atom stereocenters. The molecule has 1 aliphatic rings. The largest absolute Gasteiger partial charge is 0.463 e. The lowest BCUT2D eigenvalue weighted by atomic mass is 9.98. The van der Waals surface area contributed by atoms with Gasteiger partial charge >= 0.3 is 23.9 Å². The Morgan fingerprint density at radius 1 is 0.792 bits per heavy atom. The molecule has 9 nitrogen and oxygen atoms in total. The van der Waals surface area contributed by atoms with E-state index in [4.69, 9.17) is 23.7 Å². The molecule has 1 saturated heterocycles. The summed E-state index contributed by atoms with van der Waals surface area (Å²) in [6, 6.07) is 0. The maximum absolute atomic E-state index is 14.2. The molecular formula is C14H19FO9. The molecule has 0 aliphatic carbocycles. The van der Waals surface area contributed by atoms with Crippen LogP contribution in [-0.2, 0) is 42.9 Å². The molecule has 0 unspecified atom stereocenters. The lowest BCUT2D eigenvalue weighted by Crippen LogP contribution is -2.61. The predicted octanol–water partition coefficient (Wildman–Crippen LogP) is 0.0390. The molecule has 24 heavy (non-hydrogen) atoms. The smallest absolute Gasteiger partial charge is 0.303 e. The van der Waals surface area contributed by atoms with Crippen LogP contribution in [0.25, 0.3) is 0 Å². The molecule has 1 aliphatic heterocycles. The maximum Gasteiger partial charge on any atom is 0.303 e. The Hall–Kier alpha value is -2.23. The average Bonchev–Trinajstić information content (AvgIpc) is 2.42. The van der Waals surface area contributed by atoms with E-state index < -0.39 is 61.3 Å². The monoisotopic (exact) mass is 350 g/mol. The molecule has 0 amide bonds. The van der Waals surface area contributed by atoms with Crippen LogP contribution in [0.5, 0.6) is 0 Å². The number of alkyl halides is 1. The van der Waals surface area contributed by atoms with Gasteiger partial charge in [0.2, 0.25) is 6.36 Å². The molecule has 136 valence electrons. The maximum atomic E-state index is 14.2. The van der Waals surface area contributed by atoms with E-state index in [-0.39, 0.29) is 0 Å². The van der Waals surface area contributed by atoms with Crippen molar-refractivity contribution in [1.82, 2.24) is 0 Å². The van der Waals surface area contributed by atoms with Gasteiger partial charge < -0.3 is 23.7 Å². The zero-order chi connectivity index (χ0) is 18.4. The second-order valence-electron chi connectivity index (χ2n) is 5.05. The van der Waals surface area contributed by atoms with Gasteiger partial charge in [0.05, 0.1) is 0 Å². The Bertz CT molecular complexity index is 506. The topological polar surface area (TPSA) is 114 Å². The van der Waals surface area contributed by atoms with E-state index in [0.717, 1.165) is 27.7 Å². The summed E-state index contributed by atoms with van der Waals surface area (Å²) < 4.78 is 38.7. The molecule has 0 aromatic rings. The first-order valence-electron chi connectivity index (χ1n) is 7.06. The van der Waals surface area contributed by atoms with E-state index in [9.17, 15) is 23.6 Å². The van der Waals surface area contributed by atoms with E-state index in [1.165, 1.54) is 0 Å². The summed E-state index contributed by atoms with van der Waals surface area (Å²) in [4.78, 5) is 44.7. The first kappa shape index (κ1) is 19.8. The third kappa shape index (κ3) is 5.76. The van der Waals surface area contributed by atoms with E-state index in [2.05, 4.69) is 0 Å². The Balaban J connectivity index is 3.11. The minimum Gasteiger partial charge on any atom is -0.463 e. The number of hydrogen-bond acceptors (Lipinski definition) is 9. The van der Waals surface area contributed by atoms with Gasteiger partial charge in [0.1, 0.15) is 12.7 Å². The van der Waals surface area contributed by atoms with Crippen molar-refractivity contribution in [3.05, 3.63) is 0 Å². The molecule has 1 rings (SSSR count). The van der Waals surface area contributed by atoms with Gasteiger partial charge in [-0.3, -0.25) is 19.2 Å². The number of halogens is 1. The quantitative estimate of drug-likeness (QED) is 0.500. The van der Waals surface area contributed by atoms with Crippen LogP contribution in [0.4, 0.5) is 4.39 Å². The van der Waals surface area contributed by atoms with Gasteiger partial charge in [0, 0.05) is 27.7 Å². The van der Waals surface area contributed by atoms with Gasteiger partial charge in [-0.2, -0.15) is 0 Å². The summed E-state index contributed by atoms with van der Waals surface area (Å²) >= 11 is 0. The van der Waals surface area contributed by atoms with Crippen LogP contribution in [0.1, 0.15) is 27.7 Å². The zero-order valence-electron chi connectivity index (χ0n) is 13.6. The molecule has 1 heterocycles. The van der Waals surface area contributed by atoms with Crippen molar-refractivity contribution in [2.24, 2.45) is 0 Å². The summed E-state index contributed by atoms with van der Waals surface area (Å²) in [5.74, 6) is -3.09. The normalized spacial score (nSPS) is 29.3. The van der Waals surface area contributed by atoms with Crippen LogP contribution in [-0.4, -0.2) is 61.3 Å². The van der Waals surface area contributed by atoms with Crippen LogP contribution < -0.4 is 0 Å². The molecule has 0 bridgehead atoms. The first-order chi connectivity index (χ1) is 11.1. The zero-order valence-corrected chi connectivity index (χ0v) is 13.6. The van der Waals surface area contributed by atoms with Crippen molar-refractivity contribution >= 4 is 23.9 Å². The molecule has 0 N–H and O–H groups in total. The van der Waals surface area contributed by atoms with E-state index in [1.54, 1.807) is 0 Å². The van der Waals surface area contributed by atoms with Gasteiger partial charge in [-0.1, -0.05) is 0 Å². The second kappa shape index (κ2) is 8.57. The van der Waals surface area contributed by atoms with Crippen LogP contribution >= 0.6 is 0 Å². The Morgan fingerprint density at radius 2 is 1.25 bits per heavy atom. The standard InChI is InChI=1S/C14H19FO9/c1-6(16)20-5-10-11(21-7(2)17)12(22-8(3)18)13(14(15)24-10)23-9(4)19/h10-14H,5H2,1-4H3/t10-,11-,12+,13-,14+/m1/s1. The first-order valence-corrected chi connectivity index (χ1v) is 7.06. The number of rotatable bonds is 5. The van der Waals surface area contributed by atoms with Crippen LogP contribution in [0.15, 0.2) is 0 Å². The van der Waals surface area contributed by atoms with Crippen molar-refractivity contribution < 1.29 is 47.3 Å². The summed E-state index contributed by atoms with van der Waals surface area (Å²) in [5, 5.41) is 0. The van der Waals surface area contributed by atoms with Crippen molar-refractivity contribution in [3.8, 4) is 0 Å². The van der Waals surface area contributed by atoms with E-state index in [1.807, 2.05) is 0 Å². The van der Waals surface area contributed by atoms with Crippen LogP contribution in [0.3, 0.4) is 0 Å². The van der Waals surface area contributed by atoms with Gasteiger partial charge in [0.15, 0.2) is 18.3 Å². The number of ether oxygens (including phenoxy) is 5. The highest BCUT2D eigenvalue weighted by atomic mass is 19.1. The fourth-order valence-electron chi connectivity index (χ4n) is 2.18. The van der Waals surface area contributed by atoms with Crippen molar-refractivity contribution in [3.63, 3.8) is 0 Å². The molecule has 1 fully saturated rings. The number of carbonyl (C=O) groups is 4. The fourth-order valence-corrected chi connectivity index (χ4v) is 2.18. The van der Waals surface area contributed by atoms with Gasteiger partial charge in [0.25, 0.3) is 0 Å². The summed E-state index contributed by atoms with van der Waals surface area (Å²) in [7, 11) is 0. The minimum absolute atomic E-state index is 0.446. The number of hydrogen-bond donors (Lipinski definition) is 0. The summed E-state index contributed by atoms with van der Waals surface area (Å²) in [6.07, 6.45) is -7.85. The highest BCUT2D eigenvalue weighted by molar-refractivity contribution is 5.68. The van der Waals surface area contributed by atoms with E-state index in [0.29, 0.717) is 0 Å². The second-order valence-corrected chi connectivity index (χ2v) is 5.05. The molecule has 0 spiro atoms. The Labute approximate surface area is 137 Å². The van der Waals surface area contributed by atoms with Crippen molar-refractivity contribution in [1.29, 1.82) is 0 Å². The van der Waals surface area contributed by atoms with Gasteiger partial charge in [-0.05, 0) is 0 Å². The molecule has 0 aromatic carbocycles. The number of carbonyl (C=O) groups excluding carboxylic acids is 4. The highest BCUT2D eigenvalue weighted by Crippen LogP contribution is 2.29. The Kier molecular flexibility index (Phi) is 7.08. The molecule has 10 heteroatoms. The third-order valence-corrected chi connectivity index (χ3v) is 2.93. The predicted molar refractivity (Wildman–Crippen MR) is 73.1 cm³/mol. The van der Waals surface area contributed by atoms with Crippen molar-refractivity contribution in [2.75, 3.05) is 6.61 Å². The Morgan fingerprint density at radius 3 is 1.71 bits per heavy atom.